The van der Waals surface area contributed by atoms with Gasteiger partial charge in [-0.15, -0.1) is 0 Å². The van der Waals surface area contributed by atoms with E-state index in [0.717, 1.165) is 16.9 Å². The van der Waals surface area contributed by atoms with E-state index in [9.17, 15) is 5.11 Å². The number of rotatable bonds is 2. The van der Waals surface area contributed by atoms with E-state index in [1.807, 2.05) is 12.1 Å². The van der Waals surface area contributed by atoms with Gasteiger partial charge in [-0.3, -0.25) is 0 Å². The van der Waals surface area contributed by atoms with Gasteiger partial charge in [0.15, 0.2) is 0 Å². The standard InChI is InChI=1S/C13H20N2O2/c1-9-4-3-5-12(14)13(9)15-6-11(7-16)17-8-10(15)2/h3-5,10-11,16H,6-8,14H2,1-2H3. The molecule has 3 N–H and O–H groups in total. The Balaban J connectivity index is 2.30. The molecule has 0 amide bonds. The smallest absolute Gasteiger partial charge is 0.0981 e. The first-order valence-electron chi connectivity index (χ1n) is 5.97. The minimum atomic E-state index is -0.120. The van der Waals surface area contributed by atoms with Crippen LogP contribution in [0.4, 0.5) is 11.4 Å². The molecule has 1 aliphatic heterocycles. The van der Waals surface area contributed by atoms with Gasteiger partial charge >= 0.3 is 0 Å². The molecule has 0 spiro atoms. The Morgan fingerprint density at radius 1 is 1.53 bits per heavy atom. The Labute approximate surface area is 102 Å². The van der Waals surface area contributed by atoms with E-state index >= 15 is 0 Å². The van der Waals surface area contributed by atoms with E-state index in [1.54, 1.807) is 0 Å². The lowest BCUT2D eigenvalue weighted by Crippen LogP contribution is -2.50. The van der Waals surface area contributed by atoms with E-state index < -0.39 is 0 Å². The maximum Gasteiger partial charge on any atom is 0.0981 e. The molecule has 1 saturated heterocycles. The molecule has 94 valence electrons. The topological polar surface area (TPSA) is 58.7 Å². The number of aryl methyl sites for hydroxylation is 1. The zero-order valence-electron chi connectivity index (χ0n) is 10.4. The predicted molar refractivity (Wildman–Crippen MR) is 69.2 cm³/mol. The molecular formula is C13H20N2O2. The Hall–Kier alpha value is -1.26. The van der Waals surface area contributed by atoms with Crippen molar-refractivity contribution in [2.75, 3.05) is 30.4 Å². The summed E-state index contributed by atoms with van der Waals surface area (Å²) in [5, 5.41) is 9.20. The second-order valence-corrected chi connectivity index (χ2v) is 4.65. The van der Waals surface area contributed by atoms with Crippen molar-refractivity contribution in [2.24, 2.45) is 0 Å². The van der Waals surface area contributed by atoms with Gasteiger partial charge in [-0.2, -0.15) is 0 Å². The highest BCUT2D eigenvalue weighted by molar-refractivity contribution is 5.72. The highest BCUT2D eigenvalue weighted by Gasteiger charge is 2.27. The summed E-state index contributed by atoms with van der Waals surface area (Å²) in [5.41, 5.74) is 9.08. The van der Waals surface area contributed by atoms with Crippen molar-refractivity contribution in [3.63, 3.8) is 0 Å². The number of anilines is 2. The number of aliphatic hydroxyl groups excluding tert-OH is 1. The van der Waals surface area contributed by atoms with E-state index in [1.165, 1.54) is 0 Å². The minimum absolute atomic E-state index is 0.0506. The fraction of sp³-hybridized carbons (Fsp3) is 0.538. The lowest BCUT2D eigenvalue weighted by atomic mass is 10.1. The van der Waals surface area contributed by atoms with E-state index in [4.69, 9.17) is 10.5 Å². The van der Waals surface area contributed by atoms with Crippen molar-refractivity contribution < 1.29 is 9.84 Å². The van der Waals surface area contributed by atoms with Crippen LogP contribution in [0.15, 0.2) is 18.2 Å². The number of hydrogen-bond donors (Lipinski definition) is 2. The van der Waals surface area contributed by atoms with E-state index in [-0.39, 0.29) is 18.8 Å². The van der Waals surface area contributed by atoms with Crippen LogP contribution in [-0.2, 0) is 4.74 Å². The number of benzene rings is 1. The Kier molecular flexibility index (Phi) is 3.54. The summed E-state index contributed by atoms with van der Waals surface area (Å²) >= 11 is 0. The van der Waals surface area contributed by atoms with Gasteiger partial charge < -0.3 is 20.5 Å². The number of para-hydroxylation sites is 1. The van der Waals surface area contributed by atoms with Crippen LogP contribution in [0.3, 0.4) is 0 Å². The molecule has 1 aliphatic rings. The Morgan fingerprint density at radius 3 is 2.94 bits per heavy atom. The minimum Gasteiger partial charge on any atom is -0.397 e. The van der Waals surface area contributed by atoms with E-state index in [0.29, 0.717) is 13.2 Å². The predicted octanol–water partition coefficient (Wildman–Crippen LogP) is 1.16. The van der Waals surface area contributed by atoms with Crippen LogP contribution in [0, 0.1) is 6.92 Å². The van der Waals surface area contributed by atoms with Gasteiger partial charge in [0.2, 0.25) is 0 Å². The third kappa shape index (κ3) is 2.37. The van der Waals surface area contributed by atoms with Crippen LogP contribution in [0.1, 0.15) is 12.5 Å². The van der Waals surface area contributed by atoms with Crippen molar-refractivity contribution in [3.8, 4) is 0 Å². The molecule has 1 heterocycles. The van der Waals surface area contributed by atoms with Crippen LogP contribution in [0.5, 0.6) is 0 Å². The van der Waals surface area contributed by atoms with Gasteiger partial charge in [-0.05, 0) is 25.5 Å². The van der Waals surface area contributed by atoms with Crippen LogP contribution >= 0.6 is 0 Å². The fourth-order valence-electron chi connectivity index (χ4n) is 2.31. The summed E-state index contributed by atoms with van der Waals surface area (Å²) in [6, 6.07) is 6.21. The second kappa shape index (κ2) is 4.94. The number of hydrogen-bond acceptors (Lipinski definition) is 4. The van der Waals surface area contributed by atoms with Crippen LogP contribution in [-0.4, -0.2) is 37.0 Å². The molecule has 4 heteroatoms. The maximum absolute atomic E-state index is 9.20. The number of aliphatic hydroxyl groups is 1. The van der Waals surface area contributed by atoms with Gasteiger partial charge in [0.05, 0.1) is 30.7 Å². The average Bonchev–Trinajstić information content (AvgIpc) is 2.31. The fourth-order valence-corrected chi connectivity index (χ4v) is 2.31. The Bertz CT molecular complexity index is 375. The normalized spacial score (nSPS) is 25.0. The van der Waals surface area contributed by atoms with Gasteiger partial charge in [-0.25, -0.2) is 0 Å². The molecule has 2 unspecified atom stereocenters. The number of morpholine rings is 1. The zero-order valence-corrected chi connectivity index (χ0v) is 10.4. The molecule has 1 fully saturated rings. The lowest BCUT2D eigenvalue weighted by molar-refractivity contribution is -0.0103. The highest BCUT2D eigenvalue weighted by atomic mass is 16.5. The van der Waals surface area contributed by atoms with Crippen LogP contribution in [0.2, 0.25) is 0 Å². The molecule has 0 bridgehead atoms. The molecule has 1 aromatic rings. The largest absolute Gasteiger partial charge is 0.397 e. The van der Waals surface area contributed by atoms with Crippen molar-refractivity contribution in [1.29, 1.82) is 0 Å². The molecule has 2 atom stereocenters. The number of nitrogens with zero attached hydrogens (tertiary/aromatic N) is 1. The molecule has 0 aromatic heterocycles. The average molecular weight is 236 g/mol. The SMILES string of the molecule is Cc1cccc(N)c1N1CC(CO)OCC1C. The first-order valence-corrected chi connectivity index (χ1v) is 5.97. The van der Waals surface area contributed by atoms with Crippen LogP contribution < -0.4 is 10.6 Å². The monoisotopic (exact) mass is 236 g/mol. The van der Waals surface area contributed by atoms with Gasteiger partial charge in [-0.1, -0.05) is 12.1 Å². The van der Waals surface area contributed by atoms with Crippen molar-refractivity contribution in [2.45, 2.75) is 26.0 Å². The zero-order chi connectivity index (χ0) is 12.4. The summed E-state index contributed by atoms with van der Waals surface area (Å²) in [6.45, 7) is 5.53. The first-order chi connectivity index (χ1) is 8.13. The van der Waals surface area contributed by atoms with E-state index in [2.05, 4.69) is 24.8 Å². The number of nitrogens with two attached hydrogens (primary N) is 1. The van der Waals surface area contributed by atoms with Gasteiger partial charge in [0.25, 0.3) is 0 Å². The third-order valence-electron chi connectivity index (χ3n) is 3.27. The lowest BCUT2D eigenvalue weighted by Gasteiger charge is -2.40. The number of ether oxygens (including phenoxy) is 1. The summed E-state index contributed by atoms with van der Waals surface area (Å²) in [4.78, 5) is 2.23. The molecular weight excluding hydrogens is 216 g/mol. The molecule has 4 nitrogen and oxygen atoms in total. The summed E-state index contributed by atoms with van der Waals surface area (Å²) in [5.74, 6) is 0. The molecule has 0 aliphatic carbocycles. The Morgan fingerprint density at radius 2 is 2.29 bits per heavy atom. The molecule has 17 heavy (non-hydrogen) atoms. The first kappa shape index (κ1) is 12.2. The van der Waals surface area contributed by atoms with Gasteiger partial charge in [0, 0.05) is 12.6 Å². The molecule has 1 aromatic carbocycles. The second-order valence-electron chi connectivity index (χ2n) is 4.65. The molecule has 0 saturated carbocycles. The number of nitrogen functional groups attached to an aromatic ring is 1. The summed E-state index contributed by atoms with van der Waals surface area (Å²) in [6.07, 6.45) is -0.120. The van der Waals surface area contributed by atoms with Gasteiger partial charge in [0.1, 0.15) is 0 Å². The third-order valence-corrected chi connectivity index (χ3v) is 3.27. The summed E-state index contributed by atoms with van der Waals surface area (Å²) in [7, 11) is 0. The maximum atomic E-state index is 9.20. The highest BCUT2D eigenvalue weighted by Crippen LogP contribution is 2.30. The van der Waals surface area contributed by atoms with Crippen molar-refractivity contribution in [3.05, 3.63) is 23.8 Å². The van der Waals surface area contributed by atoms with Crippen molar-refractivity contribution >= 4 is 11.4 Å². The van der Waals surface area contributed by atoms with Crippen molar-refractivity contribution in [1.82, 2.24) is 0 Å². The quantitative estimate of drug-likeness (QED) is 0.757. The molecule has 0 radical (unpaired) electrons. The van der Waals surface area contributed by atoms with Crippen LogP contribution in [0.25, 0.3) is 0 Å². The summed E-state index contributed by atoms with van der Waals surface area (Å²) < 4.78 is 5.54. The molecule has 2 rings (SSSR count).